The van der Waals surface area contributed by atoms with Gasteiger partial charge >= 0.3 is 0 Å². The molecule has 1 aliphatic heterocycles. The van der Waals surface area contributed by atoms with Gasteiger partial charge in [0.1, 0.15) is 5.82 Å². The first-order valence-corrected chi connectivity index (χ1v) is 10.7. The van der Waals surface area contributed by atoms with Crippen LogP contribution in [0.15, 0.2) is 71.2 Å². The second-order valence-corrected chi connectivity index (χ2v) is 8.73. The molecule has 7 heteroatoms. The summed E-state index contributed by atoms with van der Waals surface area (Å²) in [5.41, 5.74) is 9.89. The highest BCUT2D eigenvalue weighted by atomic mass is 35.5. The number of carbonyl (C=O) groups is 1. The number of carbonyl (C=O) groups excluding carboxylic acids is 1. The van der Waals surface area contributed by atoms with Crippen LogP contribution in [-0.2, 0) is 4.79 Å². The van der Waals surface area contributed by atoms with Crippen LogP contribution in [0.5, 0.6) is 0 Å². The Hall–Kier alpha value is -2.78. The molecule has 2 atom stereocenters. The van der Waals surface area contributed by atoms with Crippen molar-refractivity contribution in [3.63, 3.8) is 0 Å². The van der Waals surface area contributed by atoms with Gasteiger partial charge < -0.3 is 5.73 Å². The number of hydrazine groups is 1. The van der Waals surface area contributed by atoms with E-state index in [1.807, 2.05) is 44.4 Å². The van der Waals surface area contributed by atoms with Gasteiger partial charge in [0, 0.05) is 31.8 Å². The van der Waals surface area contributed by atoms with E-state index in [4.69, 9.17) is 28.9 Å². The van der Waals surface area contributed by atoms with Crippen LogP contribution in [0.2, 0.25) is 10.0 Å². The second kappa shape index (κ2) is 8.39. The van der Waals surface area contributed by atoms with Gasteiger partial charge in [-0.05, 0) is 29.5 Å². The lowest BCUT2D eigenvalue weighted by Crippen LogP contribution is -2.46. The Morgan fingerprint density at radius 3 is 2.45 bits per heavy atom. The van der Waals surface area contributed by atoms with Crippen molar-refractivity contribution in [1.82, 2.24) is 10.0 Å². The molecule has 5 nitrogen and oxygen atoms in total. The molecule has 1 heterocycles. The lowest BCUT2D eigenvalue weighted by Gasteiger charge is -2.44. The van der Waals surface area contributed by atoms with Crippen LogP contribution in [0.25, 0.3) is 0 Å². The molecule has 0 radical (unpaired) electrons. The Balaban J connectivity index is 1.93. The van der Waals surface area contributed by atoms with Crippen molar-refractivity contribution in [1.29, 1.82) is 5.26 Å². The first kappa shape index (κ1) is 21.5. The normalized spacial score (nSPS) is 21.4. The average Bonchev–Trinajstić information content (AvgIpc) is 2.75. The van der Waals surface area contributed by atoms with Gasteiger partial charge in [0.05, 0.1) is 27.6 Å². The summed E-state index contributed by atoms with van der Waals surface area (Å²) < 4.78 is 0. The Morgan fingerprint density at radius 2 is 1.81 bits per heavy atom. The number of nitriles is 1. The predicted molar refractivity (Wildman–Crippen MR) is 122 cm³/mol. The summed E-state index contributed by atoms with van der Waals surface area (Å²) in [6, 6.07) is 17.5. The minimum Gasteiger partial charge on any atom is -0.383 e. The summed E-state index contributed by atoms with van der Waals surface area (Å²) >= 11 is 12.8. The van der Waals surface area contributed by atoms with Crippen molar-refractivity contribution in [2.75, 3.05) is 14.1 Å². The van der Waals surface area contributed by atoms with Crippen LogP contribution in [0, 0.1) is 11.3 Å². The van der Waals surface area contributed by atoms with Crippen molar-refractivity contribution in [3.05, 3.63) is 92.4 Å². The number of hydrogen-bond acceptors (Lipinski definition) is 5. The van der Waals surface area contributed by atoms with E-state index < -0.39 is 5.92 Å². The lowest BCUT2D eigenvalue weighted by molar-refractivity contribution is -0.117. The van der Waals surface area contributed by atoms with E-state index in [0.717, 1.165) is 11.3 Å². The van der Waals surface area contributed by atoms with Crippen LogP contribution >= 0.6 is 23.2 Å². The molecule has 0 aromatic heterocycles. The number of rotatable bonds is 3. The molecular weight excluding hydrogens is 431 g/mol. The highest BCUT2D eigenvalue weighted by molar-refractivity contribution is 6.42. The minimum atomic E-state index is -0.647. The minimum absolute atomic E-state index is 0.0109. The zero-order chi connectivity index (χ0) is 22.3. The lowest BCUT2D eigenvalue weighted by atomic mass is 9.72. The van der Waals surface area contributed by atoms with Crippen LogP contribution in [-0.4, -0.2) is 29.9 Å². The fourth-order valence-electron chi connectivity index (χ4n) is 4.58. The number of allylic oxidation sites excluding steroid dienone is 3. The largest absolute Gasteiger partial charge is 0.383 e. The van der Waals surface area contributed by atoms with Gasteiger partial charge in [-0.1, -0.05) is 65.7 Å². The zero-order valence-corrected chi connectivity index (χ0v) is 18.8. The third kappa shape index (κ3) is 3.61. The van der Waals surface area contributed by atoms with Crippen molar-refractivity contribution in [2.45, 2.75) is 24.7 Å². The van der Waals surface area contributed by atoms with Gasteiger partial charge in [-0.15, -0.1) is 0 Å². The highest BCUT2D eigenvalue weighted by Gasteiger charge is 2.43. The number of benzene rings is 2. The number of hydrogen-bond donors (Lipinski definition) is 1. The van der Waals surface area contributed by atoms with Crippen LogP contribution in [0.3, 0.4) is 0 Å². The quantitative estimate of drug-likeness (QED) is 0.711. The molecule has 4 rings (SSSR count). The van der Waals surface area contributed by atoms with Crippen molar-refractivity contribution >= 4 is 29.0 Å². The Kier molecular flexibility index (Phi) is 5.81. The molecular formula is C24H22Cl2N4O. The van der Waals surface area contributed by atoms with Gasteiger partial charge in [-0.25, -0.2) is 5.01 Å². The topological polar surface area (TPSA) is 73.4 Å². The van der Waals surface area contributed by atoms with Gasteiger partial charge in [0.25, 0.3) is 0 Å². The average molecular weight is 453 g/mol. The molecule has 1 aliphatic carbocycles. The molecule has 31 heavy (non-hydrogen) atoms. The molecule has 0 bridgehead atoms. The molecule has 0 amide bonds. The molecule has 0 spiro atoms. The Morgan fingerprint density at radius 1 is 1.10 bits per heavy atom. The number of nitrogens with two attached hydrogens (primary N) is 1. The standard InChI is InChI=1S/C24H22Cl2N4O/c1-29(2)30-19-11-15(14-7-4-3-5-8-14)12-20(31)22(19)21(17(13-27)24(30)28)16-9-6-10-18(25)23(16)26/h3-10,15,21H,11-12,28H2,1-2H3/t15-,21+/m0/s1. The molecule has 0 saturated carbocycles. The van der Waals surface area contributed by atoms with Crippen LogP contribution in [0.1, 0.15) is 35.8 Å². The maximum atomic E-state index is 13.6. The first-order valence-electron chi connectivity index (χ1n) is 9.97. The van der Waals surface area contributed by atoms with Gasteiger partial charge in [0.2, 0.25) is 0 Å². The SMILES string of the molecule is CN(C)N1C(N)=C(C#N)[C@@H](c2cccc(Cl)c2Cl)C2=C1C[C@H](c1ccccc1)CC2=O. The number of halogens is 2. The van der Waals surface area contributed by atoms with E-state index in [2.05, 4.69) is 6.07 Å². The van der Waals surface area contributed by atoms with Gasteiger partial charge in [0.15, 0.2) is 5.78 Å². The molecule has 0 unspecified atom stereocenters. The van der Waals surface area contributed by atoms with Gasteiger partial charge in [-0.2, -0.15) is 5.26 Å². The van der Waals surface area contributed by atoms with Crippen LogP contribution in [0.4, 0.5) is 0 Å². The van der Waals surface area contributed by atoms with E-state index in [1.165, 1.54) is 0 Å². The zero-order valence-electron chi connectivity index (χ0n) is 17.3. The first-order chi connectivity index (χ1) is 14.8. The molecule has 2 aromatic carbocycles. The number of nitrogens with zero attached hydrogens (tertiary/aromatic N) is 3. The fourth-order valence-corrected chi connectivity index (χ4v) is 5.00. The van der Waals surface area contributed by atoms with E-state index >= 15 is 0 Å². The summed E-state index contributed by atoms with van der Waals surface area (Å²) in [5, 5.41) is 14.3. The maximum absolute atomic E-state index is 13.6. The Labute approximate surface area is 191 Å². The van der Waals surface area contributed by atoms with E-state index in [9.17, 15) is 10.1 Å². The monoisotopic (exact) mass is 452 g/mol. The Bertz CT molecular complexity index is 1150. The second-order valence-electron chi connectivity index (χ2n) is 7.95. The number of ketones is 1. The van der Waals surface area contributed by atoms with Crippen molar-refractivity contribution in [3.8, 4) is 6.07 Å². The molecule has 2 aromatic rings. The summed E-state index contributed by atoms with van der Waals surface area (Å²) in [4.78, 5) is 13.6. The van der Waals surface area contributed by atoms with E-state index in [-0.39, 0.29) is 11.7 Å². The summed E-state index contributed by atoms with van der Waals surface area (Å²) in [6.45, 7) is 0. The molecule has 158 valence electrons. The molecule has 0 fully saturated rings. The summed E-state index contributed by atoms with van der Waals surface area (Å²) in [7, 11) is 3.69. The molecule has 2 N–H and O–H groups in total. The summed E-state index contributed by atoms with van der Waals surface area (Å²) in [6.07, 6.45) is 0.981. The molecule has 2 aliphatic rings. The molecule has 0 saturated heterocycles. The fraction of sp³-hybridized carbons (Fsp3) is 0.250. The van der Waals surface area contributed by atoms with Crippen molar-refractivity contribution < 1.29 is 4.79 Å². The predicted octanol–water partition coefficient (Wildman–Crippen LogP) is 4.96. The maximum Gasteiger partial charge on any atom is 0.162 e. The highest BCUT2D eigenvalue weighted by Crippen LogP contribution is 2.49. The number of Topliss-reactive ketones (excluding diaryl/α,β-unsaturated/α-hetero) is 1. The van der Waals surface area contributed by atoms with E-state index in [0.29, 0.717) is 45.4 Å². The van der Waals surface area contributed by atoms with Gasteiger partial charge in [-0.3, -0.25) is 9.80 Å². The van der Waals surface area contributed by atoms with Crippen LogP contribution < -0.4 is 5.73 Å². The third-order valence-electron chi connectivity index (χ3n) is 5.90. The third-order valence-corrected chi connectivity index (χ3v) is 6.74. The smallest absolute Gasteiger partial charge is 0.162 e. The van der Waals surface area contributed by atoms with Crippen molar-refractivity contribution in [2.24, 2.45) is 5.73 Å². The summed E-state index contributed by atoms with van der Waals surface area (Å²) in [5.74, 6) is -0.328. The van der Waals surface area contributed by atoms with E-state index in [1.54, 1.807) is 28.2 Å².